The van der Waals surface area contributed by atoms with Crippen molar-refractivity contribution in [1.29, 1.82) is 0 Å². The maximum Gasteiger partial charge on any atom is 0.275 e. The van der Waals surface area contributed by atoms with Gasteiger partial charge in [-0.25, -0.2) is 0 Å². The van der Waals surface area contributed by atoms with Crippen LogP contribution >= 0.6 is 0 Å². The second-order valence-corrected chi connectivity index (χ2v) is 8.44. The van der Waals surface area contributed by atoms with E-state index in [0.717, 1.165) is 51.4 Å². The molecule has 0 bridgehead atoms. The van der Waals surface area contributed by atoms with Crippen LogP contribution in [0.25, 0.3) is 0 Å². The van der Waals surface area contributed by atoms with Crippen LogP contribution in [0, 0.1) is 20.2 Å². The van der Waals surface area contributed by atoms with E-state index in [0.29, 0.717) is 24.0 Å². The minimum atomic E-state index is -0.501. The van der Waals surface area contributed by atoms with Crippen LogP contribution in [0.1, 0.15) is 101 Å². The average Bonchev–Trinajstić information content (AvgIpc) is 2.82. The molecule has 0 aliphatic rings. The van der Waals surface area contributed by atoms with Crippen molar-refractivity contribution >= 4 is 11.4 Å². The molecule has 2 aromatic carbocycles. The largest absolute Gasteiger partial charge is 0.365 e. The van der Waals surface area contributed by atoms with Crippen molar-refractivity contribution in [2.24, 2.45) is 0 Å². The first-order valence-corrected chi connectivity index (χ1v) is 12.1. The van der Waals surface area contributed by atoms with Crippen LogP contribution in [0.4, 0.5) is 11.4 Å². The molecule has 0 fully saturated rings. The first-order chi connectivity index (χ1) is 16.0. The predicted octanol–water partition coefficient (Wildman–Crippen LogP) is 8.24. The molecule has 0 amide bonds. The van der Waals surface area contributed by atoms with Crippen LogP contribution in [-0.2, 0) is 4.74 Å². The molecule has 33 heavy (non-hydrogen) atoms. The maximum atomic E-state index is 11.7. The van der Waals surface area contributed by atoms with Gasteiger partial charge in [-0.3, -0.25) is 20.2 Å². The minimum Gasteiger partial charge on any atom is -0.365 e. The molecule has 7 heteroatoms. The van der Waals surface area contributed by atoms with Gasteiger partial charge in [0.2, 0.25) is 0 Å². The van der Waals surface area contributed by atoms with Crippen molar-refractivity contribution in [3.8, 4) is 0 Å². The molecule has 2 aromatic rings. The smallest absolute Gasteiger partial charge is 0.275 e. The lowest BCUT2D eigenvalue weighted by atomic mass is 9.97. The Morgan fingerprint density at radius 1 is 0.667 bits per heavy atom. The summed E-state index contributed by atoms with van der Waals surface area (Å²) in [6, 6.07) is 13.4. The van der Waals surface area contributed by atoms with Crippen LogP contribution in [0.15, 0.2) is 48.5 Å². The summed E-state index contributed by atoms with van der Waals surface area (Å²) >= 11 is 0. The van der Waals surface area contributed by atoms with Gasteiger partial charge >= 0.3 is 0 Å². The highest BCUT2D eigenvalue weighted by Gasteiger charge is 2.29. The van der Waals surface area contributed by atoms with Crippen LogP contribution in [0.3, 0.4) is 0 Å². The Kier molecular flexibility index (Phi) is 11.5. The number of benzene rings is 2. The molecule has 7 nitrogen and oxygen atoms in total. The third kappa shape index (κ3) is 8.24. The molecule has 0 radical (unpaired) electrons. The molecule has 0 heterocycles. The van der Waals surface area contributed by atoms with Crippen molar-refractivity contribution in [3.63, 3.8) is 0 Å². The van der Waals surface area contributed by atoms with Gasteiger partial charge in [0.15, 0.2) is 0 Å². The Morgan fingerprint density at radius 3 is 1.42 bits per heavy atom. The Hall–Kier alpha value is -2.80. The second-order valence-electron chi connectivity index (χ2n) is 8.44. The molecule has 0 N–H and O–H groups in total. The van der Waals surface area contributed by atoms with Crippen molar-refractivity contribution < 1.29 is 14.6 Å². The number of rotatable bonds is 16. The van der Waals surface area contributed by atoms with Gasteiger partial charge in [-0.1, -0.05) is 89.5 Å². The molecule has 0 spiro atoms. The number of hydrogen-bond donors (Lipinski definition) is 0. The normalized spacial score (nSPS) is 12.9. The number of unbranched alkanes of at least 4 members (excludes halogenated alkanes) is 6. The Balaban J connectivity index is 2.39. The molecule has 0 saturated heterocycles. The van der Waals surface area contributed by atoms with Crippen molar-refractivity contribution in [1.82, 2.24) is 0 Å². The summed E-state index contributed by atoms with van der Waals surface area (Å²) in [5.74, 6) is 0. The van der Waals surface area contributed by atoms with Crippen LogP contribution in [0.2, 0.25) is 0 Å². The number of para-hydroxylation sites is 2. The fourth-order valence-corrected chi connectivity index (χ4v) is 4.16. The van der Waals surface area contributed by atoms with E-state index in [1.807, 2.05) is 0 Å². The molecular formula is C26H36N2O5. The molecule has 2 unspecified atom stereocenters. The highest BCUT2D eigenvalue weighted by molar-refractivity contribution is 5.43. The van der Waals surface area contributed by atoms with Gasteiger partial charge in [0.25, 0.3) is 11.4 Å². The summed E-state index contributed by atoms with van der Waals surface area (Å²) in [7, 11) is 0. The molecule has 0 saturated carbocycles. The molecule has 0 aliphatic carbocycles. The highest BCUT2D eigenvalue weighted by atomic mass is 16.6. The summed E-state index contributed by atoms with van der Waals surface area (Å²) in [6.07, 6.45) is 8.43. The highest BCUT2D eigenvalue weighted by Crippen LogP contribution is 2.39. The monoisotopic (exact) mass is 456 g/mol. The van der Waals surface area contributed by atoms with Crippen LogP contribution < -0.4 is 0 Å². The van der Waals surface area contributed by atoms with E-state index >= 15 is 0 Å². The third-order valence-corrected chi connectivity index (χ3v) is 5.93. The fraction of sp³-hybridized carbons (Fsp3) is 0.538. The minimum absolute atomic E-state index is 0.0327. The number of nitro groups is 2. The van der Waals surface area contributed by atoms with Crippen molar-refractivity contribution in [2.75, 3.05) is 0 Å². The van der Waals surface area contributed by atoms with Gasteiger partial charge in [-0.15, -0.1) is 0 Å². The van der Waals surface area contributed by atoms with Gasteiger partial charge < -0.3 is 4.74 Å². The van der Waals surface area contributed by atoms with E-state index in [1.54, 1.807) is 36.4 Å². The summed E-state index contributed by atoms with van der Waals surface area (Å²) in [5, 5.41) is 23.4. The van der Waals surface area contributed by atoms with Gasteiger partial charge in [0.1, 0.15) is 0 Å². The molecule has 2 rings (SSSR count). The van der Waals surface area contributed by atoms with Crippen LogP contribution in [-0.4, -0.2) is 9.85 Å². The number of nitro benzene ring substituents is 2. The SMILES string of the molecule is CCCCCCC(OC(CCCCCC)c1ccccc1[N+](=O)[O-])c1ccccc1[N+](=O)[O-]. The molecule has 0 aromatic heterocycles. The average molecular weight is 457 g/mol. The van der Waals surface area contributed by atoms with Crippen LogP contribution in [0.5, 0.6) is 0 Å². The molecule has 180 valence electrons. The molecule has 0 aliphatic heterocycles. The summed E-state index contributed by atoms with van der Waals surface area (Å²) < 4.78 is 6.56. The third-order valence-electron chi connectivity index (χ3n) is 5.93. The first kappa shape index (κ1) is 26.5. The molecular weight excluding hydrogens is 420 g/mol. The zero-order valence-corrected chi connectivity index (χ0v) is 19.8. The van der Waals surface area contributed by atoms with Gasteiger partial charge in [0.05, 0.1) is 33.2 Å². The van der Waals surface area contributed by atoms with Crippen molar-refractivity contribution in [3.05, 3.63) is 79.9 Å². The molecule has 2 atom stereocenters. The van der Waals surface area contributed by atoms with E-state index < -0.39 is 12.2 Å². The lowest BCUT2D eigenvalue weighted by molar-refractivity contribution is -0.387. The zero-order valence-electron chi connectivity index (χ0n) is 19.8. The lowest BCUT2D eigenvalue weighted by Gasteiger charge is -2.26. The lowest BCUT2D eigenvalue weighted by Crippen LogP contribution is -2.14. The number of ether oxygens (including phenoxy) is 1. The fourth-order valence-electron chi connectivity index (χ4n) is 4.16. The van der Waals surface area contributed by atoms with Crippen molar-refractivity contribution in [2.45, 2.75) is 90.3 Å². The van der Waals surface area contributed by atoms with Gasteiger partial charge in [0, 0.05) is 12.1 Å². The van der Waals surface area contributed by atoms with Gasteiger partial charge in [-0.2, -0.15) is 0 Å². The van der Waals surface area contributed by atoms with E-state index in [4.69, 9.17) is 4.74 Å². The summed E-state index contributed by atoms with van der Waals surface area (Å²) in [5.41, 5.74) is 1.14. The summed E-state index contributed by atoms with van der Waals surface area (Å²) in [4.78, 5) is 22.7. The zero-order chi connectivity index (χ0) is 24.1. The maximum absolute atomic E-state index is 11.7. The van der Waals surface area contributed by atoms with E-state index in [2.05, 4.69) is 13.8 Å². The number of nitrogens with zero attached hydrogens (tertiary/aromatic N) is 2. The topological polar surface area (TPSA) is 95.5 Å². The quantitative estimate of drug-likeness (QED) is 0.144. The van der Waals surface area contributed by atoms with E-state index in [9.17, 15) is 20.2 Å². The predicted molar refractivity (Wildman–Crippen MR) is 130 cm³/mol. The van der Waals surface area contributed by atoms with E-state index in [1.165, 1.54) is 12.1 Å². The van der Waals surface area contributed by atoms with E-state index in [-0.39, 0.29) is 21.2 Å². The number of hydrogen-bond acceptors (Lipinski definition) is 5. The Bertz CT molecular complexity index is 815. The Labute approximate surface area is 196 Å². The Morgan fingerprint density at radius 2 is 1.06 bits per heavy atom. The van der Waals surface area contributed by atoms with Gasteiger partial charge in [-0.05, 0) is 25.0 Å². The summed E-state index contributed by atoms with van der Waals surface area (Å²) in [6.45, 7) is 4.27. The standard InChI is InChI=1S/C26H36N2O5/c1-3-5-7-9-19-25(21-15-11-13-17-23(21)27(29)30)33-26(20-10-8-6-4-2)22-16-12-14-18-24(22)28(31)32/h11-18,25-26H,3-10,19-20H2,1-2H3. The second kappa shape index (κ2) is 14.4. The first-order valence-electron chi connectivity index (χ1n) is 12.1.